The molecule has 0 aromatic carbocycles. The predicted octanol–water partition coefficient (Wildman–Crippen LogP) is 1.01. The van der Waals surface area contributed by atoms with Crippen molar-refractivity contribution in [1.82, 2.24) is 9.88 Å². The minimum atomic E-state index is -0.192. The molecule has 0 spiro atoms. The Kier molecular flexibility index (Phi) is 5.49. The molecule has 1 rings (SSSR count). The lowest BCUT2D eigenvalue weighted by atomic mass is 10.2. The Balaban J connectivity index is 2.61. The van der Waals surface area contributed by atoms with E-state index in [1.807, 2.05) is 6.07 Å². The Bertz CT molecular complexity index is 540. The molecule has 0 aliphatic carbocycles. The Morgan fingerprint density at radius 1 is 1.40 bits per heavy atom. The van der Waals surface area contributed by atoms with Crippen molar-refractivity contribution in [3.8, 4) is 12.1 Å². The van der Waals surface area contributed by atoms with E-state index in [1.165, 1.54) is 11.1 Å². The fraction of sp³-hybridized carbons (Fsp3) is 0.429. The summed E-state index contributed by atoms with van der Waals surface area (Å²) in [6, 6.07) is 7.45. The topological polar surface area (TPSA) is 84.0 Å². The molecule has 6 nitrogen and oxygen atoms in total. The number of pyridine rings is 1. The SMILES string of the molecule is C[C@H](C#N)CN(C)C(=O)CN(C)c1ccc(C#N)cn1. The van der Waals surface area contributed by atoms with Gasteiger partial charge in [-0.25, -0.2) is 4.98 Å². The number of hydrogen-bond donors (Lipinski definition) is 0. The number of likely N-dealkylation sites (N-methyl/N-ethyl adjacent to an activating group) is 2. The van der Waals surface area contributed by atoms with Gasteiger partial charge in [-0.15, -0.1) is 0 Å². The summed E-state index contributed by atoms with van der Waals surface area (Å²) in [5.41, 5.74) is 0.480. The molecule has 104 valence electrons. The maximum atomic E-state index is 12.0. The molecule has 0 N–H and O–H groups in total. The first-order chi connectivity index (χ1) is 9.47. The zero-order valence-corrected chi connectivity index (χ0v) is 11.9. The van der Waals surface area contributed by atoms with Crippen molar-refractivity contribution in [2.24, 2.45) is 5.92 Å². The van der Waals surface area contributed by atoms with Gasteiger partial charge >= 0.3 is 0 Å². The van der Waals surface area contributed by atoms with Gasteiger partial charge in [-0.3, -0.25) is 4.79 Å². The second kappa shape index (κ2) is 7.10. The van der Waals surface area contributed by atoms with Gasteiger partial charge in [0, 0.05) is 26.8 Å². The van der Waals surface area contributed by atoms with Crippen LogP contribution >= 0.6 is 0 Å². The molecule has 20 heavy (non-hydrogen) atoms. The normalized spacial score (nSPS) is 11.1. The van der Waals surface area contributed by atoms with Gasteiger partial charge in [0.1, 0.15) is 11.9 Å². The van der Waals surface area contributed by atoms with E-state index in [9.17, 15) is 4.79 Å². The number of aromatic nitrogens is 1. The molecule has 1 heterocycles. The lowest BCUT2D eigenvalue weighted by molar-refractivity contribution is -0.128. The quantitative estimate of drug-likeness (QED) is 0.798. The maximum absolute atomic E-state index is 12.0. The van der Waals surface area contributed by atoms with E-state index in [0.29, 0.717) is 17.9 Å². The van der Waals surface area contributed by atoms with Gasteiger partial charge in [0.15, 0.2) is 0 Å². The van der Waals surface area contributed by atoms with Crippen LogP contribution in [0.1, 0.15) is 12.5 Å². The third-order valence-corrected chi connectivity index (χ3v) is 2.83. The highest BCUT2D eigenvalue weighted by molar-refractivity contribution is 5.80. The Morgan fingerprint density at radius 2 is 2.10 bits per heavy atom. The van der Waals surface area contributed by atoms with E-state index >= 15 is 0 Å². The number of carbonyl (C=O) groups excluding carboxylic acids is 1. The van der Waals surface area contributed by atoms with Gasteiger partial charge in [-0.05, 0) is 19.1 Å². The highest BCUT2D eigenvalue weighted by Crippen LogP contribution is 2.09. The summed E-state index contributed by atoms with van der Waals surface area (Å²) in [7, 11) is 3.43. The molecule has 0 unspecified atom stereocenters. The summed E-state index contributed by atoms with van der Waals surface area (Å²) in [6.07, 6.45) is 1.47. The summed E-state index contributed by atoms with van der Waals surface area (Å²) >= 11 is 0. The first-order valence-corrected chi connectivity index (χ1v) is 6.18. The molecule has 1 atom stereocenters. The van der Waals surface area contributed by atoms with Gasteiger partial charge in [0.05, 0.1) is 24.1 Å². The molecule has 1 aromatic heterocycles. The van der Waals surface area contributed by atoms with Gasteiger partial charge in [-0.1, -0.05) is 0 Å². The largest absolute Gasteiger partial charge is 0.350 e. The van der Waals surface area contributed by atoms with E-state index in [1.54, 1.807) is 38.1 Å². The highest BCUT2D eigenvalue weighted by Gasteiger charge is 2.15. The minimum Gasteiger partial charge on any atom is -0.350 e. The van der Waals surface area contributed by atoms with Crippen molar-refractivity contribution in [3.63, 3.8) is 0 Å². The van der Waals surface area contributed by atoms with Crippen LogP contribution in [-0.2, 0) is 4.79 Å². The molecule has 0 aliphatic rings. The van der Waals surface area contributed by atoms with Crippen molar-refractivity contribution in [2.45, 2.75) is 6.92 Å². The van der Waals surface area contributed by atoms with Crippen LogP contribution in [0.2, 0.25) is 0 Å². The van der Waals surface area contributed by atoms with Gasteiger partial charge in [0.25, 0.3) is 0 Å². The second-order valence-electron chi connectivity index (χ2n) is 4.68. The molecule has 0 radical (unpaired) electrons. The van der Waals surface area contributed by atoms with E-state index in [2.05, 4.69) is 11.1 Å². The molecule has 0 fully saturated rings. The van der Waals surface area contributed by atoms with Crippen LogP contribution in [-0.4, -0.2) is 43.0 Å². The third kappa shape index (κ3) is 4.25. The van der Waals surface area contributed by atoms with Gasteiger partial charge in [-0.2, -0.15) is 10.5 Å². The van der Waals surface area contributed by atoms with E-state index in [0.717, 1.165) is 0 Å². The lowest BCUT2D eigenvalue weighted by Crippen LogP contribution is -2.38. The molecule has 0 aliphatic heterocycles. The van der Waals surface area contributed by atoms with Crippen molar-refractivity contribution in [1.29, 1.82) is 10.5 Å². The smallest absolute Gasteiger partial charge is 0.241 e. The number of nitriles is 2. The third-order valence-electron chi connectivity index (χ3n) is 2.83. The average Bonchev–Trinajstić information content (AvgIpc) is 2.46. The van der Waals surface area contributed by atoms with Crippen LogP contribution < -0.4 is 4.90 Å². The van der Waals surface area contributed by atoms with Gasteiger partial charge < -0.3 is 9.80 Å². The molecule has 6 heteroatoms. The molecule has 0 saturated heterocycles. The van der Waals surface area contributed by atoms with Crippen LogP contribution in [0.25, 0.3) is 0 Å². The van der Waals surface area contributed by atoms with Crippen LogP contribution in [0.3, 0.4) is 0 Å². The Hall–Kier alpha value is -2.60. The predicted molar refractivity (Wildman–Crippen MR) is 74.6 cm³/mol. The first-order valence-electron chi connectivity index (χ1n) is 6.18. The molecular weight excluding hydrogens is 254 g/mol. The molecule has 1 aromatic rings. The van der Waals surface area contributed by atoms with Crippen molar-refractivity contribution in [2.75, 3.05) is 32.1 Å². The summed E-state index contributed by atoms with van der Waals surface area (Å²) in [5, 5.41) is 17.4. The van der Waals surface area contributed by atoms with Crippen LogP contribution in [0.4, 0.5) is 5.82 Å². The summed E-state index contributed by atoms with van der Waals surface area (Å²) in [5.74, 6) is 0.349. The lowest BCUT2D eigenvalue weighted by Gasteiger charge is -2.23. The van der Waals surface area contributed by atoms with Crippen molar-refractivity contribution < 1.29 is 4.79 Å². The number of carbonyl (C=O) groups is 1. The fourth-order valence-corrected chi connectivity index (χ4v) is 1.64. The molecule has 0 bridgehead atoms. The standard InChI is InChI=1S/C14H17N5O/c1-11(6-15)9-19(3)14(20)10-18(2)13-5-4-12(7-16)8-17-13/h4-5,8,11H,9-10H2,1-3H3/t11-/m1/s1. The average molecular weight is 271 g/mol. The first kappa shape index (κ1) is 15.5. The van der Waals surface area contributed by atoms with Crippen molar-refractivity contribution >= 4 is 11.7 Å². The molecule has 0 saturated carbocycles. The highest BCUT2D eigenvalue weighted by atomic mass is 16.2. The zero-order valence-electron chi connectivity index (χ0n) is 11.9. The van der Waals surface area contributed by atoms with E-state index in [-0.39, 0.29) is 18.4 Å². The maximum Gasteiger partial charge on any atom is 0.241 e. The number of nitrogens with zero attached hydrogens (tertiary/aromatic N) is 5. The summed E-state index contributed by atoms with van der Waals surface area (Å²) in [4.78, 5) is 19.4. The molecular formula is C14H17N5O. The Morgan fingerprint density at radius 3 is 2.60 bits per heavy atom. The zero-order chi connectivity index (χ0) is 15.1. The van der Waals surface area contributed by atoms with E-state index < -0.39 is 0 Å². The number of hydrogen-bond acceptors (Lipinski definition) is 5. The van der Waals surface area contributed by atoms with Crippen LogP contribution in [0, 0.1) is 28.6 Å². The minimum absolute atomic E-state index is 0.0826. The number of amides is 1. The van der Waals surface area contributed by atoms with Crippen LogP contribution in [0.5, 0.6) is 0 Å². The summed E-state index contributed by atoms with van der Waals surface area (Å²) in [6.45, 7) is 2.35. The van der Waals surface area contributed by atoms with Crippen LogP contribution in [0.15, 0.2) is 18.3 Å². The molecule has 1 amide bonds. The van der Waals surface area contributed by atoms with Crippen molar-refractivity contribution in [3.05, 3.63) is 23.9 Å². The Labute approximate surface area is 118 Å². The van der Waals surface area contributed by atoms with E-state index in [4.69, 9.17) is 10.5 Å². The fourth-order valence-electron chi connectivity index (χ4n) is 1.64. The monoisotopic (exact) mass is 271 g/mol. The van der Waals surface area contributed by atoms with Gasteiger partial charge in [0.2, 0.25) is 5.91 Å². The number of anilines is 1. The second-order valence-corrected chi connectivity index (χ2v) is 4.68. The number of rotatable bonds is 5. The summed E-state index contributed by atoms with van der Waals surface area (Å²) < 4.78 is 0.